The van der Waals surface area contributed by atoms with E-state index in [2.05, 4.69) is 127 Å². The van der Waals surface area contributed by atoms with Crippen molar-refractivity contribution in [2.75, 3.05) is 0 Å². The van der Waals surface area contributed by atoms with Crippen LogP contribution in [0.1, 0.15) is 22.3 Å². The average Bonchev–Trinajstić information content (AvgIpc) is 3.45. The van der Waals surface area contributed by atoms with Crippen LogP contribution in [0.3, 0.4) is 0 Å². The molecule has 1 heterocycles. The molecule has 0 aliphatic carbocycles. The fraction of sp³-hybridized carbons (Fsp3) is 0.0606. The van der Waals surface area contributed by atoms with E-state index >= 15 is 0 Å². The minimum absolute atomic E-state index is 0.601. The molecule has 37 heavy (non-hydrogen) atoms. The highest BCUT2D eigenvalue weighted by Gasteiger charge is 2.41. The Morgan fingerprint density at radius 3 is 1.54 bits per heavy atom. The van der Waals surface area contributed by atoms with E-state index in [0.717, 1.165) is 38.9 Å². The molecule has 1 aromatic heterocycles. The zero-order valence-corrected chi connectivity index (χ0v) is 20.6. The molecule has 0 amide bonds. The number of aromatic nitrogens is 4. The van der Waals surface area contributed by atoms with Crippen LogP contribution in [-0.4, -0.2) is 20.2 Å². The van der Waals surface area contributed by atoms with Gasteiger partial charge < -0.3 is 0 Å². The van der Waals surface area contributed by atoms with Crippen LogP contribution in [0, 0.1) is 6.92 Å². The topological polar surface area (TPSA) is 43.6 Å². The Balaban J connectivity index is 1.63. The van der Waals surface area contributed by atoms with Crippen molar-refractivity contribution in [2.45, 2.75) is 12.5 Å². The van der Waals surface area contributed by atoms with Crippen molar-refractivity contribution in [1.29, 1.82) is 0 Å². The first-order chi connectivity index (χ1) is 18.3. The van der Waals surface area contributed by atoms with Crippen LogP contribution in [-0.2, 0) is 5.54 Å². The van der Waals surface area contributed by atoms with E-state index in [1.54, 1.807) is 4.80 Å². The Morgan fingerprint density at radius 2 is 1.03 bits per heavy atom. The molecule has 4 nitrogen and oxygen atoms in total. The summed E-state index contributed by atoms with van der Waals surface area (Å²) in [5.41, 5.74) is 6.68. The minimum atomic E-state index is -0.801. The maximum atomic E-state index is 5.12. The Morgan fingerprint density at radius 1 is 0.541 bits per heavy atom. The summed E-state index contributed by atoms with van der Waals surface area (Å²) in [7, 11) is 0. The van der Waals surface area contributed by atoms with Crippen LogP contribution in [0.15, 0.2) is 140 Å². The molecule has 0 saturated carbocycles. The monoisotopic (exact) mass is 478 g/mol. The molecular formula is C33H26N4. The molecule has 0 saturated heterocycles. The van der Waals surface area contributed by atoms with Crippen LogP contribution in [0.25, 0.3) is 22.5 Å². The lowest BCUT2D eigenvalue weighted by Gasteiger charge is -2.34. The highest BCUT2D eigenvalue weighted by atomic mass is 15.6. The van der Waals surface area contributed by atoms with Crippen molar-refractivity contribution >= 4 is 0 Å². The number of hydrogen-bond donors (Lipinski definition) is 0. The second-order valence-corrected chi connectivity index (χ2v) is 9.07. The van der Waals surface area contributed by atoms with Crippen molar-refractivity contribution in [3.05, 3.63) is 162 Å². The average molecular weight is 479 g/mol. The molecule has 0 spiro atoms. The molecule has 6 rings (SSSR count). The molecule has 0 aliphatic rings. The van der Waals surface area contributed by atoms with Crippen molar-refractivity contribution in [1.82, 2.24) is 20.2 Å². The zero-order chi connectivity index (χ0) is 25.1. The molecule has 178 valence electrons. The van der Waals surface area contributed by atoms with Gasteiger partial charge in [0.1, 0.15) is 0 Å². The van der Waals surface area contributed by atoms with Gasteiger partial charge in [-0.1, -0.05) is 140 Å². The first-order valence-corrected chi connectivity index (χ1v) is 12.4. The number of rotatable bonds is 6. The Labute approximate surface area is 216 Å². The second-order valence-electron chi connectivity index (χ2n) is 9.07. The summed E-state index contributed by atoms with van der Waals surface area (Å²) in [6.45, 7) is 2.10. The van der Waals surface area contributed by atoms with Gasteiger partial charge >= 0.3 is 0 Å². The van der Waals surface area contributed by atoms with Crippen molar-refractivity contribution < 1.29 is 0 Å². The summed E-state index contributed by atoms with van der Waals surface area (Å²) < 4.78 is 0. The number of tetrazole rings is 1. The largest absolute Gasteiger partial charge is 0.205 e. The molecular weight excluding hydrogens is 452 g/mol. The van der Waals surface area contributed by atoms with E-state index in [9.17, 15) is 0 Å². The summed E-state index contributed by atoms with van der Waals surface area (Å²) in [6.07, 6.45) is 0. The smallest absolute Gasteiger partial charge is 0.144 e. The number of aryl methyl sites for hydroxylation is 1. The van der Waals surface area contributed by atoms with Gasteiger partial charge in [0.15, 0.2) is 5.54 Å². The summed E-state index contributed by atoms with van der Waals surface area (Å²) in [4.78, 5) is 1.78. The lowest BCUT2D eigenvalue weighted by molar-refractivity contribution is 0.396. The SMILES string of the molecule is Cc1cccc(-c2ccccc2)c1-c1nnn(C(c2ccccc2)(c2ccccc2)c2ccccc2)n1. The van der Waals surface area contributed by atoms with Crippen LogP contribution in [0.2, 0.25) is 0 Å². The lowest BCUT2D eigenvalue weighted by atomic mass is 9.77. The third-order valence-electron chi connectivity index (χ3n) is 6.87. The molecule has 0 fully saturated rings. The van der Waals surface area contributed by atoms with Gasteiger partial charge in [-0.15, -0.1) is 15.0 Å². The van der Waals surface area contributed by atoms with Gasteiger partial charge in [-0.3, -0.25) is 0 Å². The molecule has 0 N–H and O–H groups in total. The van der Waals surface area contributed by atoms with Gasteiger partial charge in [-0.05, 0) is 45.5 Å². The third kappa shape index (κ3) is 3.93. The quantitative estimate of drug-likeness (QED) is 0.239. The summed E-state index contributed by atoms with van der Waals surface area (Å²) in [5.74, 6) is 0.601. The third-order valence-corrected chi connectivity index (χ3v) is 6.87. The van der Waals surface area contributed by atoms with Gasteiger partial charge in [-0.2, -0.15) is 0 Å². The van der Waals surface area contributed by atoms with Gasteiger partial charge in [0.05, 0.1) is 0 Å². The summed E-state index contributed by atoms with van der Waals surface area (Å²) in [6, 6.07) is 47.9. The summed E-state index contributed by atoms with van der Waals surface area (Å²) >= 11 is 0. The van der Waals surface area contributed by atoms with Gasteiger partial charge in [0, 0.05) is 5.56 Å². The molecule has 0 aliphatic heterocycles. The second kappa shape index (κ2) is 9.67. The van der Waals surface area contributed by atoms with Crippen molar-refractivity contribution in [2.24, 2.45) is 0 Å². The highest BCUT2D eigenvalue weighted by Crippen LogP contribution is 2.40. The Hall–Kier alpha value is -4.83. The first kappa shape index (κ1) is 22.6. The number of hydrogen-bond acceptors (Lipinski definition) is 3. The maximum absolute atomic E-state index is 5.12. The fourth-order valence-corrected chi connectivity index (χ4v) is 5.16. The Bertz CT molecular complexity index is 1510. The van der Waals surface area contributed by atoms with E-state index in [0.29, 0.717) is 5.82 Å². The molecule has 5 aromatic carbocycles. The predicted molar refractivity (Wildman–Crippen MR) is 148 cm³/mol. The molecule has 0 atom stereocenters. The van der Waals surface area contributed by atoms with Crippen LogP contribution in [0.4, 0.5) is 0 Å². The van der Waals surface area contributed by atoms with Crippen LogP contribution >= 0.6 is 0 Å². The van der Waals surface area contributed by atoms with Gasteiger partial charge in [0.25, 0.3) is 0 Å². The van der Waals surface area contributed by atoms with E-state index in [4.69, 9.17) is 10.3 Å². The molecule has 6 aromatic rings. The van der Waals surface area contributed by atoms with Gasteiger partial charge in [-0.25, -0.2) is 0 Å². The standard InChI is InChI=1S/C33H26N4/c1-25-15-14-24-30(26-16-6-2-7-17-26)31(25)32-34-36-37(35-32)33(27-18-8-3-9-19-27,28-20-10-4-11-21-28)29-22-12-5-13-23-29/h2-24H,1H3. The van der Waals surface area contributed by atoms with Crippen LogP contribution in [0.5, 0.6) is 0 Å². The van der Waals surface area contributed by atoms with E-state index in [-0.39, 0.29) is 0 Å². The zero-order valence-electron chi connectivity index (χ0n) is 20.6. The highest BCUT2D eigenvalue weighted by molar-refractivity contribution is 5.82. The van der Waals surface area contributed by atoms with Crippen LogP contribution < -0.4 is 0 Å². The van der Waals surface area contributed by atoms with Crippen molar-refractivity contribution in [3.8, 4) is 22.5 Å². The Kier molecular flexibility index (Phi) is 5.91. The van der Waals surface area contributed by atoms with E-state index in [1.165, 1.54) is 0 Å². The summed E-state index contributed by atoms with van der Waals surface area (Å²) in [5, 5.41) is 14.5. The maximum Gasteiger partial charge on any atom is 0.205 e. The van der Waals surface area contributed by atoms with E-state index in [1.807, 2.05) is 24.3 Å². The molecule has 4 heteroatoms. The molecule has 0 radical (unpaired) electrons. The van der Waals surface area contributed by atoms with E-state index < -0.39 is 5.54 Å². The normalized spacial score (nSPS) is 11.4. The fourth-order valence-electron chi connectivity index (χ4n) is 5.16. The number of benzene rings is 5. The lowest BCUT2D eigenvalue weighted by Crippen LogP contribution is -2.39. The molecule has 0 unspecified atom stereocenters. The van der Waals surface area contributed by atoms with Crippen molar-refractivity contribution in [3.63, 3.8) is 0 Å². The van der Waals surface area contributed by atoms with Gasteiger partial charge in [0.2, 0.25) is 5.82 Å². The number of nitrogens with zero attached hydrogens (tertiary/aromatic N) is 4. The first-order valence-electron chi connectivity index (χ1n) is 12.4. The predicted octanol–water partition coefficient (Wildman–Crippen LogP) is 7.16. The minimum Gasteiger partial charge on any atom is -0.144 e. The molecule has 0 bridgehead atoms.